The summed E-state index contributed by atoms with van der Waals surface area (Å²) in [5.41, 5.74) is 2.08. The second kappa shape index (κ2) is 7.12. The van der Waals surface area contributed by atoms with Gasteiger partial charge in [0.1, 0.15) is 11.6 Å². The minimum Gasteiger partial charge on any atom is -0.497 e. The van der Waals surface area contributed by atoms with Crippen LogP contribution in [0.5, 0.6) is 5.75 Å². The molecule has 2 aliphatic heterocycles. The van der Waals surface area contributed by atoms with Gasteiger partial charge in [0.2, 0.25) is 0 Å². The fourth-order valence-corrected chi connectivity index (χ4v) is 4.51. The zero-order valence-electron chi connectivity index (χ0n) is 14.5. The lowest BCUT2D eigenvalue weighted by atomic mass is 10.0. The maximum atomic E-state index is 13.1. The molecular formula is C19H23N3O2S. The Bertz CT molecular complexity index is 811. The number of hydrogen-bond donors (Lipinski definition) is 0. The molecule has 5 nitrogen and oxygen atoms in total. The monoisotopic (exact) mass is 357 g/mol. The van der Waals surface area contributed by atoms with Gasteiger partial charge in [-0.05, 0) is 37.0 Å². The van der Waals surface area contributed by atoms with Gasteiger partial charge in [0.25, 0.3) is 5.56 Å². The molecule has 0 atom stereocenters. The maximum absolute atomic E-state index is 13.1. The molecular weight excluding hydrogens is 334 g/mol. The third-order valence-corrected chi connectivity index (χ3v) is 5.90. The zero-order chi connectivity index (χ0) is 17.2. The van der Waals surface area contributed by atoms with Gasteiger partial charge in [-0.25, -0.2) is 4.98 Å². The van der Waals surface area contributed by atoms with Crippen LogP contribution in [0.15, 0.2) is 34.2 Å². The van der Waals surface area contributed by atoms with Crippen LogP contribution in [0.1, 0.15) is 30.4 Å². The normalized spacial score (nSPS) is 16.8. The van der Waals surface area contributed by atoms with Crippen molar-refractivity contribution in [3.63, 3.8) is 0 Å². The smallest absolute Gasteiger partial charge is 0.259 e. The van der Waals surface area contributed by atoms with Crippen LogP contribution < -0.4 is 15.2 Å². The van der Waals surface area contributed by atoms with Crippen LogP contribution in [-0.2, 0) is 13.0 Å². The van der Waals surface area contributed by atoms with Crippen molar-refractivity contribution in [1.29, 1.82) is 0 Å². The van der Waals surface area contributed by atoms with Crippen LogP contribution in [-0.4, -0.2) is 35.5 Å². The van der Waals surface area contributed by atoms with Crippen LogP contribution in [0.2, 0.25) is 0 Å². The largest absolute Gasteiger partial charge is 0.497 e. The Kier molecular flexibility index (Phi) is 4.70. The van der Waals surface area contributed by atoms with Crippen molar-refractivity contribution < 1.29 is 4.74 Å². The van der Waals surface area contributed by atoms with E-state index in [0.717, 1.165) is 53.2 Å². The lowest BCUT2D eigenvalue weighted by Crippen LogP contribution is -2.35. The van der Waals surface area contributed by atoms with E-state index in [2.05, 4.69) is 4.90 Å². The predicted octanol–water partition coefficient (Wildman–Crippen LogP) is 2.94. The molecule has 132 valence electrons. The van der Waals surface area contributed by atoms with Gasteiger partial charge in [0.05, 0.1) is 12.7 Å². The Hall–Kier alpha value is -1.95. The van der Waals surface area contributed by atoms with E-state index >= 15 is 0 Å². The Labute approximate surface area is 152 Å². The lowest BCUT2D eigenvalue weighted by Gasteiger charge is -2.29. The highest BCUT2D eigenvalue weighted by molar-refractivity contribution is 7.99. The first-order chi connectivity index (χ1) is 12.3. The van der Waals surface area contributed by atoms with Crippen molar-refractivity contribution >= 4 is 17.6 Å². The first-order valence-electron chi connectivity index (χ1n) is 8.90. The quantitative estimate of drug-likeness (QED) is 0.788. The van der Waals surface area contributed by atoms with Gasteiger partial charge in [0.15, 0.2) is 5.16 Å². The van der Waals surface area contributed by atoms with Crippen LogP contribution in [0, 0.1) is 0 Å². The summed E-state index contributed by atoms with van der Waals surface area (Å²) in [6.45, 7) is 2.76. The van der Waals surface area contributed by atoms with Gasteiger partial charge >= 0.3 is 0 Å². The van der Waals surface area contributed by atoms with Gasteiger partial charge in [-0.3, -0.25) is 9.36 Å². The van der Waals surface area contributed by atoms with Gasteiger partial charge in [-0.15, -0.1) is 0 Å². The average Bonchev–Trinajstić information content (AvgIpc) is 3.14. The molecule has 2 aliphatic rings. The fourth-order valence-electron chi connectivity index (χ4n) is 3.57. The van der Waals surface area contributed by atoms with E-state index in [1.165, 1.54) is 19.3 Å². The molecule has 0 amide bonds. The molecule has 0 spiro atoms. The van der Waals surface area contributed by atoms with Crippen molar-refractivity contribution in [2.75, 3.05) is 30.9 Å². The molecule has 4 rings (SSSR count). The summed E-state index contributed by atoms with van der Waals surface area (Å²) in [5, 5.41) is 0.879. The summed E-state index contributed by atoms with van der Waals surface area (Å²) in [4.78, 5) is 20.3. The second-order valence-corrected chi connectivity index (χ2v) is 7.64. The summed E-state index contributed by atoms with van der Waals surface area (Å²) in [7, 11) is 1.66. The molecule has 3 heterocycles. The maximum Gasteiger partial charge on any atom is 0.259 e. The summed E-state index contributed by atoms with van der Waals surface area (Å²) in [6, 6.07) is 7.96. The SMILES string of the molecule is COc1ccc(Cc2c(N3CCCCC3)nc3n(c2=O)CCS3)cc1. The van der Waals surface area contributed by atoms with E-state index in [1.54, 1.807) is 18.9 Å². The van der Waals surface area contributed by atoms with Gasteiger partial charge in [-0.1, -0.05) is 23.9 Å². The van der Waals surface area contributed by atoms with Crippen LogP contribution in [0.3, 0.4) is 0 Å². The Morgan fingerprint density at radius 3 is 2.60 bits per heavy atom. The van der Waals surface area contributed by atoms with E-state index in [-0.39, 0.29) is 5.56 Å². The van der Waals surface area contributed by atoms with E-state index in [0.29, 0.717) is 6.42 Å². The number of hydrogen-bond acceptors (Lipinski definition) is 5. The zero-order valence-corrected chi connectivity index (χ0v) is 15.3. The van der Waals surface area contributed by atoms with Gasteiger partial charge < -0.3 is 9.64 Å². The lowest BCUT2D eigenvalue weighted by molar-refractivity contribution is 0.414. The van der Waals surface area contributed by atoms with E-state index < -0.39 is 0 Å². The van der Waals surface area contributed by atoms with Crippen LogP contribution in [0.4, 0.5) is 5.82 Å². The van der Waals surface area contributed by atoms with Gasteiger partial charge in [0, 0.05) is 31.8 Å². The number of anilines is 1. The first kappa shape index (κ1) is 16.5. The Morgan fingerprint density at radius 2 is 1.88 bits per heavy atom. The molecule has 0 aliphatic carbocycles. The van der Waals surface area contributed by atoms with E-state index in [9.17, 15) is 4.79 Å². The molecule has 0 saturated carbocycles. The number of ether oxygens (including phenoxy) is 1. The molecule has 6 heteroatoms. The van der Waals surface area contributed by atoms with E-state index in [1.807, 2.05) is 28.8 Å². The molecule has 0 N–H and O–H groups in total. The van der Waals surface area contributed by atoms with Crippen molar-refractivity contribution in [2.24, 2.45) is 0 Å². The third-order valence-electron chi connectivity index (χ3n) is 4.95. The summed E-state index contributed by atoms with van der Waals surface area (Å²) < 4.78 is 7.08. The molecule has 2 aromatic rings. The molecule has 1 aromatic heterocycles. The average molecular weight is 357 g/mol. The van der Waals surface area contributed by atoms with Gasteiger partial charge in [-0.2, -0.15) is 0 Å². The number of fused-ring (bicyclic) bond motifs is 1. The number of rotatable bonds is 4. The second-order valence-electron chi connectivity index (χ2n) is 6.57. The number of aromatic nitrogens is 2. The third kappa shape index (κ3) is 3.27. The standard InChI is InChI=1S/C19H23N3O2S/c1-24-15-7-5-14(6-8-15)13-16-17(21-9-3-2-4-10-21)20-19-22(18(16)23)11-12-25-19/h5-8H,2-4,9-13H2,1H3. The van der Waals surface area contributed by atoms with E-state index in [4.69, 9.17) is 9.72 Å². The molecule has 0 unspecified atom stereocenters. The molecule has 1 saturated heterocycles. The fraction of sp³-hybridized carbons (Fsp3) is 0.474. The highest BCUT2D eigenvalue weighted by Crippen LogP contribution is 2.28. The molecule has 1 fully saturated rings. The topological polar surface area (TPSA) is 47.4 Å². The number of thioether (sulfide) groups is 1. The number of nitrogens with zero attached hydrogens (tertiary/aromatic N) is 3. The summed E-state index contributed by atoms with van der Waals surface area (Å²) >= 11 is 1.69. The van der Waals surface area contributed by atoms with Crippen molar-refractivity contribution in [2.45, 2.75) is 37.4 Å². The van der Waals surface area contributed by atoms with Crippen molar-refractivity contribution in [3.8, 4) is 5.75 Å². The summed E-state index contributed by atoms with van der Waals surface area (Å²) in [6.07, 6.45) is 4.24. The number of piperidine rings is 1. The van der Waals surface area contributed by atoms with Crippen LogP contribution >= 0.6 is 11.8 Å². The predicted molar refractivity (Wildman–Crippen MR) is 101 cm³/mol. The Balaban J connectivity index is 1.74. The molecule has 0 radical (unpaired) electrons. The van der Waals surface area contributed by atoms with Crippen molar-refractivity contribution in [1.82, 2.24) is 9.55 Å². The van der Waals surface area contributed by atoms with Crippen LogP contribution in [0.25, 0.3) is 0 Å². The number of benzene rings is 1. The molecule has 1 aromatic carbocycles. The minimum atomic E-state index is 0.131. The number of methoxy groups -OCH3 is 1. The Morgan fingerprint density at radius 1 is 1.12 bits per heavy atom. The minimum absolute atomic E-state index is 0.131. The van der Waals surface area contributed by atoms with Crippen molar-refractivity contribution in [3.05, 3.63) is 45.7 Å². The highest BCUT2D eigenvalue weighted by Gasteiger charge is 2.24. The highest BCUT2D eigenvalue weighted by atomic mass is 32.2. The summed E-state index contributed by atoms with van der Waals surface area (Å²) in [5.74, 6) is 2.68. The molecule has 25 heavy (non-hydrogen) atoms. The molecule has 0 bridgehead atoms. The first-order valence-corrected chi connectivity index (χ1v) is 9.89.